The highest BCUT2D eigenvalue weighted by molar-refractivity contribution is 5.96. The van der Waals surface area contributed by atoms with Crippen molar-refractivity contribution in [3.05, 3.63) is 107 Å². The molecule has 2 rings (SSSR count). The Morgan fingerprint density at radius 3 is 1.07 bits per heavy atom. The molecule has 0 amide bonds. The van der Waals surface area contributed by atoms with Gasteiger partial charge in [-0.1, -0.05) is 137 Å². The standard InChI is InChI=1S/C40H56O4/c1-29(17-13-19-31(3)21-23-35(43)39(9)27-33(41)25-37(39,5)6)15-11-12-16-30(2)18-14-20-32(4)22-24-36(44)40(10)28-34(42)26-38(40,7)8/h11-24,33-34,41-42H,25-28H2,1-10H3/b12-11+,17-13+,18-14+,23-21+,24-22?,29-15+,30-16+,31-19+,32-20+/t33-,34-,39-,40-/m0/s1. The van der Waals surface area contributed by atoms with Crippen molar-refractivity contribution in [2.75, 3.05) is 0 Å². The van der Waals surface area contributed by atoms with Gasteiger partial charge in [-0.2, -0.15) is 0 Å². The summed E-state index contributed by atoms with van der Waals surface area (Å²) in [6.07, 6.45) is 28.6. The van der Waals surface area contributed by atoms with Gasteiger partial charge in [0.1, 0.15) is 0 Å². The lowest BCUT2D eigenvalue weighted by Crippen LogP contribution is -2.36. The largest absolute Gasteiger partial charge is 0.393 e. The van der Waals surface area contributed by atoms with E-state index in [1.165, 1.54) is 0 Å². The summed E-state index contributed by atoms with van der Waals surface area (Å²) in [5.74, 6) is 0.148. The third-order valence-electron chi connectivity index (χ3n) is 10.1. The molecule has 4 atom stereocenters. The first-order valence-electron chi connectivity index (χ1n) is 15.9. The minimum atomic E-state index is -0.542. The van der Waals surface area contributed by atoms with Crippen molar-refractivity contribution in [2.45, 2.75) is 107 Å². The molecule has 2 aliphatic rings. The van der Waals surface area contributed by atoms with Gasteiger partial charge in [-0.3, -0.25) is 9.59 Å². The number of aliphatic hydroxyl groups is 2. The van der Waals surface area contributed by atoms with E-state index in [0.29, 0.717) is 25.7 Å². The first kappa shape index (κ1) is 37.1. The first-order valence-corrected chi connectivity index (χ1v) is 15.9. The van der Waals surface area contributed by atoms with Crippen LogP contribution in [0.5, 0.6) is 0 Å². The van der Waals surface area contributed by atoms with Gasteiger partial charge in [0.2, 0.25) is 0 Å². The van der Waals surface area contributed by atoms with Crippen molar-refractivity contribution in [1.82, 2.24) is 0 Å². The molecule has 0 aliphatic heterocycles. The molecular weight excluding hydrogens is 544 g/mol. The molecule has 2 N–H and O–H groups in total. The molecule has 0 heterocycles. The van der Waals surface area contributed by atoms with Crippen molar-refractivity contribution in [3.8, 4) is 0 Å². The van der Waals surface area contributed by atoms with Crippen molar-refractivity contribution in [1.29, 1.82) is 0 Å². The third kappa shape index (κ3) is 9.71. The Labute approximate surface area is 267 Å². The molecule has 0 spiro atoms. The van der Waals surface area contributed by atoms with Crippen molar-refractivity contribution < 1.29 is 19.8 Å². The second-order valence-corrected chi connectivity index (χ2v) is 14.7. The smallest absolute Gasteiger partial charge is 0.162 e. The minimum absolute atomic E-state index is 0.0742. The van der Waals surface area contributed by atoms with Crippen molar-refractivity contribution in [3.63, 3.8) is 0 Å². The lowest BCUT2D eigenvalue weighted by Gasteiger charge is -2.35. The molecule has 0 aromatic carbocycles. The van der Waals surface area contributed by atoms with Crippen LogP contribution in [-0.4, -0.2) is 34.0 Å². The molecule has 0 aromatic rings. The minimum Gasteiger partial charge on any atom is -0.393 e. The molecular formula is C40H56O4. The monoisotopic (exact) mass is 600 g/mol. The second-order valence-electron chi connectivity index (χ2n) is 14.7. The van der Waals surface area contributed by atoms with Gasteiger partial charge >= 0.3 is 0 Å². The fraction of sp³-hybridized carbons (Fsp3) is 0.500. The number of aliphatic hydroxyl groups excluding tert-OH is 2. The average Bonchev–Trinajstić information content (AvgIpc) is 3.27. The van der Waals surface area contributed by atoms with Crippen LogP contribution < -0.4 is 0 Å². The van der Waals surface area contributed by atoms with Crippen LogP contribution in [0, 0.1) is 21.7 Å². The zero-order valence-corrected chi connectivity index (χ0v) is 28.8. The first-order chi connectivity index (χ1) is 20.3. The Kier molecular flexibility index (Phi) is 12.9. The molecule has 2 saturated carbocycles. The molecule has 4 heteroatoms. The molecule has 44 heavy (non-hydrogen) atoms. The van der Waals surface area contributed by atoms with E-state index in [1.807, 2.05) is 114 Å². The highest BCUT2D eigenvalue weighted by atomic mass is 16.3. The van der Waals surface area contributed by atoms with Crippen LogP contribution in [-0.2, 0) is 9.59 Å². The van der Waals surface area contributed by atoms with Gasteiger partial charge < -0.3 is 10.2 Å². The quantitative estimate of drug-likeness (QED) is 0.173. The number of carbonyl (C=O) groups excluding carboxylic acids is 2. The van der Waals surface area contributed by atoms with E-state index in [9.17, 15) is 19.8 Å². The molecule has 0 radical (unpaired) electrons. The predicted molar refractivity (Wildman–Crippen MR) is 185 cm³/mol. The maximum absolute atomic E-state index is 12.9. The van der Waals surface area contributed by atoms with Gasteiger partial charge in [-0.15, -0.1) is 0 Å². The summed E-state index contributed by atoms with van der Waals surface area (Å²) in [6, 6.07) is 0. The van der Waals surface area contributed by atoms with E-state index in [1.54, 1.807) is 12.2 Å². The average molecular weight is 601 g/mol. The Bertz CT molecular complexity index is 1230. The lowest BCUT2D eigenvalue weighted by atomic mass is 9.66. The molecule has 0 saturated heterocycles. The number of ketones is 2. The zero-order valence-electron chi connectivity index (χ0n) is 28.8. The van der Waals surface area contributed by atoms with Gasteiger partial charge in [0.25, 0.3) is 0 Å². The highest BCUT2D eigenvalue weighted by Gasteiger charge is 2.53. The van der Waals surface area contributed by atoms with E-state index in [-0.39, 0.29) is 22.4 Å². The molecule has 0 bridgehead atoms. The molecule has 2 fully saturated rings. The van der Waals surface area contributed by atoms with Crippen LogP contribution in [0.25, 0.3) is 0 Å². The molecule has 4 nitrogen and oxygen atoms in total. The van der Waals surface area contributed by atoms with E-state index < -0.39 is 23.0 Å². The molecule has 2 aliphatic carbocycles. The predicted octanol–water partition coefficient (Wildman–Crippen LogP) is 9.07. The van der Waals surface area contributed by atoms with Gasteiger partial charge in [-0.05, 0) is 76.4 Å². The SMILES string of the molecule is C\C(C=CC(=O)[C@]1(C)C[C@@H](O)CC1(C)C)=C/C=C/C(C)=C/C=C/C=C(C)/C=C/C=C(C)/C=C/C(=O)[C@]1(C)C[C@@H](O)CC1(C)C. The Morgan fingerprint density at radius 2 is 0.773 bits per heavy atom. The number of rotatable bonds is 12. The van der Waals surface area contributed by atoms with Crippen LogP contribution in [0.1, 0.15) is 94.9 Å². The van der Waals surface area contributed by atoms with Crippen molar-refractivity contribution in [2.24, 2.45) is 21.7 Å². The summed E-state index contributed by atoms with van der Waals surface area (Å²) in [5.41, 5.74) is 2.65. The van der Waals surface area contributed by atoms with E-state index >= 15 is 0 Å². The third-order valence-corrected chi connectivity index (χ3v) is 10.1. The zero-order chi connectivity index (χ0) is 33.3. The maximum Gasteiger partial charge on any atom is 0.162 e. The van der Waals surface area contributed by atoms with Crippen molar-refractivity contribution >= 4 is 11.6 Å². The van der Waals surface area contributed by atoms with Crippen LogP contribution in [0.4, 0.5) is 0 Å². The van der Waals surface area contributed by atoms with Crippen LogP contribution in [0.3, 0.4) is 0 Å². The van der Waals surface area contributed by atoms with Crippen LogP contribution >= 0.6 is 0 Å². The number of allylic oxidation sites excluding steroid dienone is 18. The fourth-order valence-corrected chi connectivity index (χ4v) is 6.26. The maximum atomic E-state index is 12.9. The summed E-state index contributed by atoms with van der Waals surface area (Å²) in [6.45, 7) is 20.2. The summed E-state index contributed by atoms with van der Waals surface area (Å²) < 4.78 is 0. The Hall–Kier alpha value is -3.08. The number of carbonyl (C=O) groups is 2. The summed E-state index contributed by atoms with van der Waals surface area (Å²) in [4.78, 5) is 25.9. The highest BCUT2D eigenvalue weighted by Crippen LogP contribution is 2.54. The molecule has 0 unspecified atom stereocenters. The van der Waals surface area contributed by atoms with E-state index in [0.717, 1.165) is 22.3 Å². The molecule has 0 aromatic heterocycles. The second kappa shape index (κ2) is 15.3. The van der Waals surface area contributed by atoms with Gasteiger partial charge in [0, 0.05) is 10.8 Å². The number of hydrogen-bond acceptors (Lipinski definition) is 4. The Balaban J connectivity index is 1.87. The molecule has 240 valence electrons. The van der Waals surface area contributed by atoms with Crippen LogP contribution in [0.15, 0.2) is 107 Å². The van der Waals surface area contributed by atoms with Gasteiger partial charge in [-0.25, -0.2) is 0 Å². The fourth-order valence-electron chi connectivity index (χ4n) is 6.26. The Morgan fingerprint density at radius 1 is 0.477 bits per heavy atom. The van der Waals surface area contributed by atoms with Gasteiger partial charge in [0.15, 0.2) is 11.6 Å². The summed E-state index contributed by atoms with van der Waals surface area (Å²) >= 11 is 0. The van der Waals surface area contributed by atoms with E-state index in [2.05, 4.69) is 27.7 Å². The number of hydrogen-bond donors (Lipinski definition) is 2. The summed E-state index contributed by atoms with van der Waals surface area (Å²) in [5, 5.41) is 20.2. The van der Waals surface area contributed by atoms with Gasteiger partial charge in [0.05, 0.1) is 12.2 Å². The van der Waals surface area contributed by atoms with E-state index in [4.69, 9.17) is 0 Å². The summed E-state index contributed by atoms with van der Waals surface area (Å²) in [7, 11) is 0. The normalized spacial score (nSPS) is 30.3. The topological polar surface area (TPSA) is 74.6 Å². The lowest BCUT2D eigenvalue weighted by molar-refractivity contribution is -0.128. The van der Waals surface area contributed by atoms with Crippen LogP contribution in [0.2, 0.25) is 0 Å².